The third-order valence-corrected chi connectivity index (χ3v) is 2.61. The highest BCUT2D eigenvalue weighted by Gasteiger charge is 2.10. The summed E-state index contributed by atoms with van der Waals surface area (Å²) in [5.41, 5.74) is 6.13. The topological polar surface area (TPSA) is 44.5 Å². The predicted molar refractivity (Wildman–Crippen MR) is 65.5 cm³/mol. The summed E-state index contributed by atoms with van der Waals surface area (Å²) in [6, 6.07) is 2.84. The van der Waals surface area contributed by atoms with Crippen LogP contribution in [0.25, 0.3) is 0 Å². The number of hydrogen-bond donors (Lipinski definition) is 1. The Hall–Kier alpha value is -0.560. The molecule has 1 unspecified atom stereocenters. The molecule has 15 heavy (non-hydrogen) atoms. The van der Waals surface area contributed by atoms with Gasteiger partial charge in [0, 0.05) is 13.2 Å². The van der Waals surface area contributed by atoms with E-state index in [4.69, 9.17) is 15.2 Å². The van der Waals surface area contributed by atoms with Crippen LogP contribution >= 0.6 is 22.6 Å². The monoisotopic (exact) mass is 325 g/mol. The van der Waals surface area contributed by atoms with Gasteiger partial charge in [0.05, 0.1) is 15.9 Å². The van der Waals surface area contributed by atoms with Crippen LogP contribution in [0.15, 0.2) is 12.1 Å². The van der Waals surface area contributed by atoms with Crippen LogP contribution in [0, 0.1) is 9.39 Å². The minimum Gasteiger partial charge on any atom is -0.486 e. The molecule has 84 valence electrons. The lowest BCUT2D eigenvalue weighted by Crippen LogP contribution is -2.18. The summed E-state index contributed by atoms with van der Waals surface area (Å²) in [5.74, 6) is 0.0295. The fraction of sp³-hybridized carbons (Fsp3) is 0.400. The Morgan fingerprint density at radius 1 is 1.53 bits per heavy atom. The van der Waals surface area contributed by atoms with Crippen molar-refractivity contribution in [2.45, 2.75) is 13.0 Å². The van der Waals surface area contributed by atoms with E-state index in [0.717, 1.165) is 0 Å². The maximum atomic E-state index is 13.2. The van der Waals surface area contributed by atoms with E-state index in [2.05, 4.69) is 0 Å². The molecule has 0 aromatic heterocycles. The lowest BCUT2D eigenvalue weighted by atomic mass is 10.3. The lowest BCUT2D eigenvalue weighted by molar-refractivity contribution is 0.0923. The third kappa shape index (κ3) is 3.49. The van der Waals surface area contributed by atoms with Crippen molar-refractivity contribution in [1.29, 1.82) is 0 Å². The first-order valence-corrected chi connectivity index (χ1v) is 5.52. The van der Waals surface area contributed by atoms with Gasteiger partial charge in [0.2, 0.25) is 0 Å². The molecule has 5 heteroatoms. The second kappa shape index (κ2) is 5.50. The van der Waals surface area contributed by atoms with E-state index < -0.39 is 0 Å². The first kappa shape index (κ1) is 12.5. The quantitative estimate of drug-likeness (QED) is 0.683. The number of methoxy groups -OCH3 is 1. The van der Waals surface area contributed by atoms with Crippen LogP contribution in [0.3, 0.4) is 0 Å². The Labute approximate surface area is 102 Å². The summed E-state index contributed by atoms with van der Waals surface area (Å²) in [5, 5.41) is 0. The van der Waals surface area contributed by atoms with E-state index in [9.17, 15) is 4.39 Å². The molecule has 2 N–H and O–H groups in total. The average molecular weight is 325 g/mol. The molecule has 0 bridgehead atoms. The average Bonchev–Trinajstić information content (AvgIpc) is 2.14. The van der Waals surface area contributed by atoms with Crippen LogP contribution in [0.1, 0.15) is 6.92 Å². The van der Waals surface area contributed by atoms with Gasteiger partial charge in [0.1, 0.15) is 17.7 Å². The molecule has 0 saturated carbocycles. The second-order valence-corrected chi connectivity index (χ2v) is 4.35. The summed E-state index contributed by atoms with van der Waals surface area (Å²) in [6.45, 7) is 2.27. The Morgan fingerprint density at radius 3 is 2.80 bits per heavy atom. The number of hydrogen-bond acceptors (Lipinski definition) is 3. The van der Waals surface area contributed by atoms with Crippen LogP contribution in [0.2, 0.25) is 0 Å². The van der Waals surface area contributed by atoms with Gasteiger partial charge in [-0.25, -0.2) is 4.39 Å². The molecule has 1 atom stereocenters. The molecule has 3 nitrogen and oxygen atoms in total. The van der Waals surface area contributed by atoms with Gasteiger partial charge in [0.15, 0.2) is 0 Å². The zero-order valence-corrected chi connectivity index (χ0v) is 10.7. The molecule has 0 aliphatic carbocycles. The van der Waals surface area contributed by atoms with Crippen molar-refractivity contribution in [3.63, 3.8) is 0 Å². The van der Waals surface area contributed by atoms with Crippen LogP contribution in [0.5, 0.6) is 5.75 Å². The first-order chi connectivity index (χ1) is 7.04. The zero-order chi connectivity index (χ0) is 11.4. The molecule has 1 aromatic rings. The molecule has 0 saturated heterocycles. The maximum absolute atomic E-state index is 13.2. The van der Waals surface area contributed by atoms with Crippen LogP contribution in [0.4, 0.5) is 10.1 Å². The fourth-order valence-corrected chi connectivity index (χ4v) is 1.62. The van der Waals surface area contributed by atoms with Crippen LogP contribution < -0.4 is 10.5 Å². The van der Waals surface area contributed by atoms with E-state index >= 15 is 0 Å². The number of benzene rings is 1. The van der Waals surface area contributed by atoms with Gasteiger partial charge >= 0.3 is 0 Å². The Balaban J connectivity index is 2.81. The molecule has 0 amide bonds. The van der Waals surface area contributed by atoms with Crippen molar-refractivity contribution in [3.05, 3.63) is 21.5 Å². The molecular formula is C10H13FINO2. The summed E-state index contributed by atoms with van der Waals surface area (Å²) in [4.78, 5) is 0. The Bertz CT molecular complexity index is 346. The van der Waals surface area contributed by atoms with Crippen LogP contribution in [-0.4, -0.2) is 19.8 Å². The third-order valence-electron chi connectivity index (χ3n) is 1.78. The fourth-order valence-electron chi connectivity index (χ4n) is 1.13. The number of anilines is 1. The molecule has 1 aromatic carbocycles. The summed E-state index contributed by atoms with van der Waals surface area (Å²) in [6.07, 6.45) is -0.156. The second-order valence-electron chi connectivity index (χ2n) is 3.19. The summed E-state index contributed by atoms with van der Waals surface area (Å²) in [7, 11) is 1.58. The number of ether oxygens (including phenoxy) is 2. The van der Waals surface area contributed by atoms with Gasteiger partial charge < -0.3 is 15.2 Å². The van der Waals surface area contributed by atoms with Crippen molar-refractivity contribution in [3.8, 4) is 5.75 Å². The van der Waals surface area contributed by atoms with Crippen LogP contribution in [-0.2, 0) is 4.74 Å². The van der Waals surface area contributed by atoms with Crippen molar-refractivity contribution < 1.29 is 13.9 Å². The molecule has 0 heterocycles. The van der Waals surface area contributed by atoms with Gasteiger partial charge in [-0.05, 0) is 35.6 Å². The highest BCUT2D eigenvalue weighted by molar-refractivity contribution is 14.1. The van der Waals surface area contributed by atoms with Crippen molar-refractivity contribution in [2.24, 2.45) is 0 Å². The highest BCUT2D eigenvalue weighted by atomic mass is 127. The standard InChI is InChI=1S/C10H13FINO2/c1-6(5-14-2)15-10-3-7(11)8(12)4-9(10)13/h3-4,6H,5,13H2,1-2H3. The molecule has 0 fully saturated rings. The molecule has 0 radical (unpaired) electrons. The zero-order valence-electron chi connectivity index (χ0n) is 8.59. The molecule has 0 aliphatic heterocycles. The van der Waals surface area contributed by atoms with Crippen molar-refractivity contribution >= 4 is 28.3 Å². The van der Waals surface area contributed by atoms with E-state index in [1.54, 1.807) is 13.2 Å². The van der Waals surface area contributed by atoms with Crippen molar-refractivity contribution in [2.75, 3.05) is 19.5 Å². The Morgan fingerprint density at radius 2 is 2.20 bits per heavy atom. The maximum Gasteiger partial charge on any atom is 0.145 e. The highest BCUT2D eigenvalue weighted by Crippen LogP contribution is 2.27. The number of halogens is 2. The number of rotatable bonds is 4. The van der Waals surface area contributed by atoms with E-state index in [-0.39, 0.29) is 11.9 Å². The van der Waals surface area contributed by atoms with Gasteiger partial charge in [-0.2, -0.15) is 0 Å². The smallest absolute Gasteiger partial charge is 0.145 e. The summed E-state index contributed by atoms with van der Waals surface area (Å²) < 4.78 is 24.0. The molecule has 1 rings (SSSR count). The SMILES string of the molecule is COCC(C)Oc1cc(F)c(I)cc1N. The van der Waals surface area contributed by atoms with Gasteiger partial charge in [-0.1, -0.05) is 0 Å². The van der Waals surface area contributed by atoms with Gasteiger partial charge in [0.25, 0.3) is 0 Å². The van der Waals surface area contributed by atoms with E-state index in [1.165, 1.54) is 6.07 Å². The number of nitrogen functional groups attached to an aromatic ring is 1. The molecule has 0 spiro atoms. The van der Waals surface area contributed by atoms with Gasteiger partial charge in [-0.3, -0.25) is 0 Å². The van der Waals surface area contributed by atoms with Gasteiger partial charge in [-0.15, -0.1) is 0 Å². The summed E-state index contributed by atoms with van der Waals surface area (Å²) >= 11 is 1.88. The van der Waals surface area contributed by atoms with E-state index in [0.29, 0.717) is 21.6 Å². The Kier molecular flexibility index (Phi) is 4.59. The molecular weight excluding hydrogens is 312 g/mol. The normalized spacial score (nSPS) is 12.5. The molecule has 0 aliphatic rings. The van der Waals surface area contributed by atoms with Crippen molar-refractivity contribution in [1.82, 2.24) is 0 Å². The lowest BCUT2D eigenvalue weighted by Gasteiger charge is -2.15. The minimum absolute atomic E-state index is 0.156. The van der Waals surface area contributed by atoms with E-state index in [1.807, 2.05) is 29.5 Å². The first-order valence-electron chi connectivity index (χ1n) is 4.44. The largest absolute Gasteiger partial charge is 0.486 e. The minimum atomic E-state index is -0.329. The number of nitrogens with two attached hydrogens (primary N) is 1. The predicted octanol–water partition coefficient (Wildman–Crippen LogP) is 2.43.